The van der Waals surface area contributed by atoms with Gasteiger partial charge in [0.05, 0.1) is 7.11 Å². The predicted molar refractivity (Wildman–Crippen MR) is 63.9 cm³/mol. The zero-order chi connectivity index (χ0) is 12.4. The number of aromatic nitrogens is 1. The third kappa shape index (κ3) is 2.30. The van der Waals surface area contributed by atoms with Gasteiger partial charge in [-0.05, 0) is 13.0 Å². The highest BCUT2D eigenvalue weighted by Gasteiger charge is 2.20. The smallest absolute Gasteiger partial charge is 0.171 e. The lowest BCUT2D eigenvalue weighted by atomic mass is 10.1. The summed E-state index contributed by atoms with van der Waals surface area (Å²) in [7, 11) is 1.39. The van der Waals surface area contributed by atoms with Crippen molar-refractivity contribution in [3.8, 4) is 5.75 Å². The number of halogens is 1. The zero-order valence-corrected chi connectivity index (χ0v) is 10.3. The number of aliphatic hydroxyl groups excluding tert-OH is 1. The molecule has 1 atom stereocenters. The molecule has 1 unspecified atom stereocenters. The van der Waals surface area contributed by atoms with Crippen molar-refractivity contribution in [3.05, 3.63) is 45.7 Å². The zero-order valence-electron chi connectivity index (χ0n) is 9.48. The van der Waals surface area contributed by atoms with Crippen molar-refractivity contribution in [2.75, 3.05) is 7.11 Å². The van der Waals surface area contributed by atoms with Crippen LogP contribution in [-0.2, 0) is 0 Å². The minimum absolute atomic E-state index is 0.120. The maximum absolute atomic E-state index is 13.9. The van der Waals surface area contributed by atoms with E-state index in [1.807, 2.05) is 12.3 Å². The molecule has 0 radical (unpaired) electrons. The molecule has 0 aliphatic carbocycles. The van der Waals surface area contributed by atoms with Gasteiger partial charge in [-0.25, -0.2) is 9.37 Å². The quantitative estimate of drug-likeness (QED) is 0.914. The average molecular weight is 253 g/mol. The van der Waals surface area contributed by atoms with E-state index in [-0.39, 0.29) is 11.3 Å². The summed E-state index contributed by atoms with van der Waals surface area (Å²) in [4.78, 5) is 4.14. The molecule has 2 aromatic rings. The molecule has 0 saturated carbocycles. The van der Waals surface area contributed by atoms with Crippen molar-refractivity contribution in [2.24, 2.45) is 0 Å². The van der Waals surface area contributed by atoms with Crippen LogP contribution >= 0.6 is 11.3 Å². The van der Waals surface area contributed by atoms with Crippen molar-refractivity contribution in [1.82, 2.24) is 4.98 Å². The Hall–Kier alpha value is -1.46. The van der Waals surface area contributed by atoms with Gasteiger partial charge in [-0.15, -0.1) is 11.3 Å². The van der Waals surface area contributed by atoms with Gasteiger partial charge in [0.2, 0.25) is 0 Å². The second kappa shape index (κ2) is 4.81. The fourth-order valence-electron chi connectivity index (χ4n) is 1.53. The average Bonchev–Trinajstić information content (AvgIpc) is 2.75. The molecular weight excluding hydrogens is 241 g/mol. The largest absolute Gasteiger partial charge is 0.494 e. The van der Waals surface area contributed by atoms with Crippen molar-refractivity contribution >= 4 is 11.3 Å². The first-order valence-corrected chi connectivity index (χ1v) is 5.94. The van der Waals surface area contributed by atoms with Gasteiger partial charge in [0.1, 0.15) is 11.1 Å². The van der Waals surface area contributed by atoms with Gasteiger partial charge >= 0.3 is 0 Å². The SMILES string of the molecule is COc1cccc(C(O)c2nc(C)cs2)c1F. The Morgan fingerprint density at radius 1 is 1.47 bits per heavy atom. The number of methoxy groups -OCH3 is 1. The molecule has 90 valence electrons. The van der Waals surface area contributed by atoms with Crippen LogP contribution < -0.4 is 4.74 Å². The summed E-state index contributed by atoms with van der Waals surface area (Å²) in [6, 6.07) is 4.68. The third-order valence-corrected chi connectivity index (χ3v) is 3.39. The van der Waals surface area contributed by atoms with Crippen LogP contribution in [-0.4, -0.2) is 17.2 Å². The van der Waals surface area contributed by atoms with Gasteiger partial charge in [0.15, 0.2) is 11.6 Å². The second-order valence-electron chi connectivity index (χ2n) is 3.59. The van der Waals surface area contributed by atoms with Crippen molar-refractivity contribution < 1.29 is 14.2 Å². The maximum atomic E-state index is 13.9. The van der Waals surface area contributed by atoms with E-state index in [0.717, 1.165) is 5.69 Å². The lowest BCUT2D eigenvalue weighted by molar-refractivity contribution is 0.212. The topological polar surface area (TPSA) is 42.4 Å². The van der Waals surface area contributed by atoms with Gasteiger partial charge in [-0.3, -0.25) is 0 Å². The van der Waals surface area contributed by atoms with Crippen LogP contribution in [0.5, 0.6) is 5.75 Å². The van der Waals surface area contributed by atoms with Crippen LogP contribution in [0.3, 0.4) is 0 Å². The predicted octanol–water partition coefficient (Wildman–Crippen LogP) is 2.68. The molecule has 0 fully saturated rings. The van der Waals surface area contributed by atoms with Crippen molar-refractivity contribution in [3.63, 3.8) is 0 Å². The van der Waals surface area contributed by atoms with E-state index in [4.69, 9.17) is 4.74 Å². The van der Waals surface area contributed by atoms with E-state index in [2.05, 4.69) is 4.98 Å². The number of hydrogen-bond donors (Lipinski definition) is 1. The monoisotopic (exact) mass is 253 g/mol. The highest BCUT2D eigenvalue weighted by atomic mass is 32.1. The van der Waals surface area contributed by atoms with E-state index < -0.39 is 11.9 Å². The van der Waals surface area contributed by atoms with Gasteiger partial charge in [-0.1, -0.05) is 12.1 Å². The summed E-state index contributed by atoms with van der Waals surface area (Å²) in [6.45, 7) is 1.83. The molecule has 3 nitrogen and oxygen atoms in total. The summed E-state index contributed by atoms with van der Waals surface area (Å²) < 4.78 is 18.8. The van der Waals surface area contributed by atoms with Crippen molar-refractivity contribution in [1.29, 1.82) is 0 Å². The standard InChI is InChI=1S/C12H12FNO2S/c1-7-6-17-12(14-7)11(15)8-4-3-5-9(16-2)10(8)13/h3-6,11,15H,1-2H3. The first-order chi connectivity index (χ1) is 8.13. The van der Waals surface area contributed by atoms with Gasteiger partial charge in [-0.2, -0.15) is 0 Å². The summed E-state index contributed by atoms with van der Waals surface area (Å²) in [5, 5.41) is 12.4. The molecule has 0 spiro atoms. The molecule has 0 amide bonds. The number of ether oxygens (including phenoxy) is 1. The molecule has 0 saturated heterocycles. The minimum atomic E-state index is -1.05. The fraction of sp³-hybridized carbons (Fsp3) is 0.250. The fourth-order valence-corrected chi connectivity index (χ4v) is 2.32. The Bertz CT molecular complexity index is 527. The van der Waals surface area contributed by atoms with E-state index in [0.29, 0.717) is 5.01 Å². The molecule has 1 N–H and O–H groups in total. The van der Waals surface area contributed by atoms with Crippen LogP contribution in [0.25, 0.3) is 0 Å². The normalized spacial score (nSPS) is 12.5. The number of hydrogen-bond acceptors (Lipinski definition) is 4. The van der Waals surface area contributed by atoms with Crippen LogP contribution in [0.1, 0.15) is 22.4 Å². The molecule has 2 rings (SSSR count). The van der Waals surface area contributed by atoms with Crippen LogP contribution in [0.2, 0.25) is 0 Å². The minimum Gasteiger partial charge on any atom is -0.494 e. The van der Waals surface area contributed by atoms with E-state index in [1.165, 1.54) is 30.6 Å². The van der Waals surface area contributed by atoms with E-state index in [9.17, 15) is 9.50 Å². The first kappa shape index (κ1) is 12.0. The van der Waals surface area contributed by atoms with E-state index in [1.54, 1.807) is 6.07 Å². The third-order valence-electron chi connectivity index (χ3n) is 2.38. The van der Waals surface area contributed by atoms with Crippen LogP contribution in [0, 0.1) is 12.7 Å². The molecule has 17 heavy (non-hydrogen) atoms. The van der Waals surface area contributed by atoms with Gasteiger partial charge in [0, 0.05) is 16.6 Å². The number of aryl methyl sites for hydroxylation is 1. The first-order valence-electron chi connectivity index (χ1n) is 5.06. The molecule has 1 aromatic heterocycles. The summed E-state index contributed by atoms with van der Waals surface area (Å²) in [5.74, 6) is -0.426. The van der Waals surface area contributed by atoms with E-state index >= 15 is 0 Å². The summed E-state index contributed by atoms with van der Waals surface area (Å²) in [6.07, 6.45) is -1.05. The number of aliphatic hydroxyl groups is 1. The molecular formula is C12H12FNO2S. The number of nitrogens with zero attached hydrogens (tertiary/aromatic N) is 1. The highest BCUT2D eigenvalue weighted by Crippen LogP contribution is 2.30. The Morgan fingerprint density at radius 2 is 2.24 bits per heavy atom. The Kier molecular flexibility index (Phi) is 3.40. The maximum Gasteiger partial charge on any atom is 0.171 e. The van der Waals surface area contributed by atoms with Crippen molar-refractivity contribution in [2.45, 2.75) is 13.0 Å². The lowest BCUT2D eigenvalue weighted by Gasteiger charge is -2.11. The van der Waals surface area contributed by atoms with Crippen LogP contribution in [0.15, 0.2) is 23.6 Å². The summed E-state index contributed by atoms with van der Waals surface area (Å²) in [5.41, 5.74) is 0.992. The van der Waals surface area contributed by atoms with Crippen LogP contribution in [0.4, 0.5) is 4.39 Å². The molecule has 1 heterocycles. The second-order valence-corrected chi connectivity index (χ2v) is 4.48. The Labute approximate surface area is 103 Å². The number of rotatable bonds is 3. The molecule has 0 aliphatic heterocycles. The molecule has 0 aliphatic rings. The van der Waals surface area contributed by atoms with Gasteiger partial charge < -0.3 is 9.84 Å². The number of benzene rings is 1. The van der Waals surface area contributed by atoms with Gasteiger partial charge in [0.25, 0.3) is 0 Å². The number of thiazole rings is 1. The summed E-state index contributed by atoms with van der Waals surface area (Å²) >= 11 is 1.31. The lowest BCUT2D eigenvalue weighted by Crippen LogP contribution is -2.03. The molecule has 0 bridgehead atoms. The highest BCUT2D eigenvalue weighted by molar-refractivity contribution is 7.09. The Balaban J connectivity index is 2.40. The molecule has 5 heteroatoms. The Morgan fingerprint density at radius 3 is 2.82 bits per heavy atom. The molecule has 1 aromatic carbocycles.